The van der Waals surface area contributed by atoms with E-state index >= 15 is 0 Å². The number of hydrogen-bond acceptors (Lipinski definition) is 5. The van der Waals surface area contributed by atoms with E-state index in [-0.39, 0.29) is 18.4 Å². The maximum atomic E-state index is 12.5. The van der Waals surface area contributed by atoms with Crippen molar-refractivity contribution in [3.63, 3.8) is 0 Å². The molecule has 2 aromatic carbocycles. The Bertz CT molecular complexity index is 1150. The van der Waals surface area contributed by atoms with Crippen LogP contribution in [0.3, 0.4) is 0 Å². The minimum Gasteiger partial charge on any atom is -0.484 e. The summed E-state index contributed by atoms with van der Waals surface area (Å²) >= 11 is 1.28. The van der Waals surface area contributed by atoms with Gasteiger partial charge in [-0.1, -0.05) is 30.3 Å². The van der Waals surface area contributed by atoms with Crippen molar-refractivity contribution < 1.29 is 19.1 Å². The summed E-state index contributed by atoms with van der Waals surface area (Å²) in [4.78, 5) is 38.7. The lowest BCUT2D eigenvalue weighted by molar-refractivity contribution is -0.129. The molecule has 1 aliphatic rings. The van der Waals surface area contributed by atoms with Gasteiger partial charge >= 0.3 is 0 Å². The molecular weight excluding hydrogens is 402 g/mol. The number of nitrogens with one attached hydrogen (secondary N) is 1. The van der Waals surface area contributed by atoms with Crippen LogP contribution in [0.4, 0.5) is 5.00 Å². The lowest BCUT2D eigenvalue weighted by Gasteiger charge is -2.25. The largest absolute Gasteiger partial charge is 0.484 e. The third kappa shape index (κ3) is 3.99. The maximum Gasteiger partial charge on any atom is 0.262 e. The lowest BCUT2D eigenvalue weighted by Crippen LogP contribution is -2.34. The van der Waals surface area contributed by atoms with Gasteiger partial charge in [-0.15, -0.1) is 11.3 Å². The molecule has 0 radical (unpaired) electrons. The molecule has 0 spiro atoms. The van der Waals surface area contributed by atoms with Crippen molar-refractivity contribution in [2.75, 3.05) is 18.5 Å². The van der Waals surface area contributed by atoms with Gasteiger partial charge in [-0.3, -0.25) is 14.4 Å². The molecule has 0 atom stereocenters. The fourth-order valence-electron chi connectivity index (χ4n) is 3.59. The minimum atomic E-state index is -0.588. The first-order chi connectivity index (χ1) is 14.4. The van der Waals surface area contributed by atoms with Crippen LogP contribution < -0.4 is 15.8 Å². The van der Waals surface area contributed by atoms with E-state index in [0.29, 0.717) is 35.8 Å². The molecule has 30 heavy (non-hydrogen) atoms. The molecule has 3 amide bonds. The summed E-state index contributed by atoms with van der Waals surface area (Å²) in [5.74, 6) is -0.409. The Balaban J connectivity index is 1.47. The van der Waals surface area contributed by atoms with Crippen molar-refractivity contribution in [3.05, 3.63) is 58.5 Å². The van der Waals surface area contributed by atoms with Gasteiger partial charge in [-0.2, -0.15) is 0 Å². The molecule has 0 saturated carbocycles. The van der Waals surface area contributed by atoms with Crippen molar-refractivity contribution in [2.45, 2.75) is 19.9 Å². The third-order valence-corrected chi connectivity index (χ3v) is 6.22. The molecule has 1 aromatic heterocycles. The number of ether oxygens (including phenoxy) is 1. The Morgan fingerprint density at radius 2 is 1.93 bits per heavy atom. The molecule has 7 nitrogen and oxygen atoms in total. The zero-order valence-corrected chi connectivity index (χ0v) is 17.3. The highest BCUT2D eigenvalue weighted by molar-refractivity contribution is 7.17. The van der Waals surface area contributed by atoms with Gasteiger partial charge in [0.05, 0.1) is 12.1 Å². The number of anilines is 1. The second-order valence-electron chi connectivity index (χ2n) is 7.11. The van der Waals surface area contributed by atoms with E-state index in [1.807, 2.05) is 42.5 Å². The first kappa shape index (κ1) is 19.9. The number of fused-ring (bicyclic) bond motifs is 2. The summed E-state index contributed by atoms with van der Waals surface area (Å²) in [6.07, 6.45) is 0.535. The number of primary amides is 1. The van der Waals surface area contributed by atoms with Crippen LogP contribution in [0.25, 0.3) is 10.8 Å². The molecule has 3 N–H and O–H groups in total. The normalized spacial score (nSPS) is 13.0. The summed E-state index contributed by atoms with van der Waals surface area (Å²) < 4.78 is 5.62. The first-order valence-electron chi connectivity index (χ1n) is 9.53. The van der Waals surface area contributed by atoms with Crippen molar-refractivity contribution in [1.29, 1.82) is 0 Å². The van der Waals surface area contributed by atoms with Crippen LogP contribution in [-0.2, 0) is 22.6 Å². The van der Waals surface area contributed by atoms with E-state index in [4.69, 9.17) is 10.5 Å². The number of nitrogens with two attached hydrogens (primary N) is 1. The minimum absolute atomic E-state index is 0.0240. The zero-order valence-electron chi connectivity index (χ0n) is 16.4. The lowest BCUT2D eigenvalue weighted by atomic mass is 10.0. The van der Waals surface area contributed by atoms with Crippen molar-refractivity contribution >= 4 is 44.8 Å². The zero-order chi connectivity index (χ0) is 21.3. The molecule has 8 heteroatoms. The monoisotopic (exact) mass is 423 g/mol. The van der Waals surface area contributed by atoms with E-state index < -0.39 is 5.91 Å². The molecule has 0 saturated heterocycles. The van der Waals surface area contributed by atoms with Crippen molar-refractivity contribution in [3.8, 4) is 5.75 Å². The molecule has 0 bridgehead atoms. The molecule has 0 fully saturated rings. The van der Waals surface area contributed by atoms with Crippen LogP contribution in [0.1, 0.15) is 27.7 Å². The van der Waals surface area contributed by atoms with E-state index in [1.54, 1.807) is 4.90 Å². The van der Waals surface area contributed by atoms with Gasteiger partial charge in [0.1, 0.15) is 10.8 Å². The summed E-state index contributed by atoms with van der Waals surface area (Å²) in [6.45, 7) is 2.26. The number of benzene rings is 2. The van der Waals surface area contributed by atoms with Crippen LogP contribution in [-0.4, -0.2) is 35.8 Å². The third-order valence-electron chi connectivity index (χ3n) is 5.09. The first-order valence-corrected chi connectivity index (χ1v) is 10.4. The second-order valence-corrected chi connectivity index (χ2v) is 8.21. The molecule has 0 unspecified atom stereocenters. The number of thiophene rings is 1. The summed E-state index contributed by atoms with van der Waals surface area (Å²) in [7, 11) is 0. The van der Waals surface area contributed by atoms with Gasteiger partial charge in [0, 0.05) is 18.3 Å². The smallest absolute Gasteiger partial charge is 0.262 e. The Hall–Kier alpha value is -3.39. The highest BCUT2D eigenvalue weighted by atomic mass is 32.1. The SMILES string of the molecule is CC(=O)N1CCc2c(sc(NC(=O)COc3ccc4ccccc4c3)c2C(N)=O)C1. The second kappa shape index (κ2) is 8.16. The Kier molecular flexibility index (Phi) is 5.41. The average molecular weight is 423 g/mol. The predicted octanol–water partition coefficient (Wildman–Crippen LogP) is 2.92. The predicted molar refractivity (Wildman–Crippen MR) is 116 cm³/mol. The molecule has 1 aliphatic heterocycles. The van der Waals surface area contributed by atoms with Crippen molar-refractivity contribution in [1.82, 2.24) is 4.90 Å². The number of rotatable bonds is 5. The topological polar surface area (TPSA) is 102 Å². The highest BCUT2D eigenvalue weighted by Crippen LogP contribution is 2.37. The standard InChI is InChI=1S/C22H21N3O4S/c1-13(26)25-9-8-17-18(11-25)30-22(20(17)21(23)28)24-19(27)12-29-16-7-6-14-4-2-3-5-15(14)10-16/h2-7,10H,8-9,11-12H2,1H3,(H2,23,28)(H,24,27). The van der Waals surface area contributed by atoms with Crippen LogP contribution >= 0.6 is 11.3 Å². The average Bonchev–Trinajstić information content (AvgIpc) is 3.09. The number of amides is 3. The summed E-state index contributed by atoms with van der Waals surface area (Å²) in [5.41, 5.74) is 6.72. The van der Waals surface area contributed by atoms with Crippen LogP contribution in [0.15, 0.2) is 42.5 Å². The quantitative estimate of drug-likeness (QED) is 0.659. The number of hydrogen-bond donors (Lipinski definition) is 2. The fourth-order valence-corrected chi connectivity index (χ4v) is 4.87. The highest BCUT2D eigenvalue weighted by Gasteiger charge is 2.28. The van der Waals surface area contributed by atoms with Crippen LogP contribution in [0.2, 0.25) is 0 Å². The summed E-state index contributed by atoms with van der Waals surface area (Å²) in [6, 6.07) is 13.5. The molecule has 4 rings (SSSR count). The van der Waals surface area contributed by atoms with Gasteiger partial charge in [0.2, 0.25) is 5.91 Å². The van der Waals surface area contributed by atoms with Crippen molar-refractivity contribution in [2.24, 2.45) is 5.73 Å². The van der Waals surface area contributed by atoms with E-state index in [2.05, 4.69) is 5.32 Å². The number of carbonyl (C=O) groups excluding carboxylic acids is 3. The Morgan fingerprint density at radius 3 is 2.67 bits per heavy atom. The van der Waals surface area contributed by atoms with Crippen LogP contribution in [0, 0.1) is 0 Å². The van der Waals surface area contributed by atoms with Gasteiger partial charge in [-0.25, -0.2) is 0 Å². The summed E-state index contributed by atoms with van der Waals surface area (Å²) in [5, 5.41) is 5.27. The molecular formula is C22H21N3O4S. The Morgan fingerprint density at radius 1 is 1.17 bits per heavy atom. The molecule has 2 heterocycles. The number of nitrogens with zero attached hydrogens (tertiary/aromatic N) is 1. The molecule has 3 aromatic rings. The maximum absolute atomic E-state index is 12.5. The number of carbonyl (C=O) groups is 3. The Labute approximate surface area is 177 Å². The van der Waals surface area contributed by atoms with E-state index in [0.717, 1.165) is 21.2 Å². The molecule has 154 valence electrons. The van der Waals surface area contributed by atoms with Gasteiger partial charge in [0.25, 0.3) is 11.8 Å². The van der Waals surface area contributed by atoms with Crippen LogP contribution in [0.5, 0.6) is 5.75 Å². The fraction of sp³-hybridized carbons (Fsp3) is 0.227. The molecule has 0 aliphatic carbocycles. The van der Waals surface area contributed by atoms with Gasteiger partial charge in [0.15, 0.2) is 6.61 Å². The van der Waals surface area contributed by atoms with Gasteiger partial charge < -0.3 is 20.7 Å². The van der Waals surface area contributed by atoms with E-state index in [1.165, 1.54) is 18.3 Å². The van der Waals surface area contributed by atoms with E-state index in [9.17, 15) is 14.4 Å². The van der Waals surface area contributed by atoms with Gasteiger partial charge in [-0.05, 0) is 34.9 Å².